The molecule has 0 radical (unpaired) electrons. The maximum absolute atomic E-state index is 12.2. The van der Waals surface area contributed by atoms with Crippen LogP contribution in [0.1, 0.15) is 13.3 Å². The van der Waals surface area contributed by atoms with Crippen molar-refractivity contribution in [1.29, 1.82) is 0 Å². The molecule has 0 N–H and O–H groups in total. The Kier molecular flexibility index (Phi) is 4.80. The number of methoxy groups -OCH3 is 1. The van der Waals surface area contributed by atoms with Crippen LogP contribution < -0.4 is 0 Å². The second-order valence-electron chi connectivity index (χ2n) is 6.34. The molecule has 10 nitrogen and oxygen atoms in total. The van der Waals surface area contributed by atoms with E-state index in [0.29, 0.717) is 0 Å². The van der Waals surface area contributed by atoms with Crippen molar-refractivity contribution in [2.24, 2.45) is 5.92 Å². The minimum absolute atomic E-state index is 0.118. The van der Waals surface area contributed by atoms with Crippen LogP contribution >= 0.6 is 0 Å². The molecule has 26 heavy (non-hydrogen) atoms. The standard InChI is InChI=1S/C15H18O10S/c1-6(2)15(18)22-5-9(17)23-11-10-7(4-8(16)21-3)14-13(24-10)12(11)25-26(14,19)20/h7,10-14H,1,4-5H2,2-3H3. The van der Waals surface area contributed by atoms with Gasteiger partial charge in [0.2, 0.25) is 0 Å². The summed E-state index contributed by atoms with van der Waals surface area (Å²) in [4.78, 5) is 34.9. The normalized spacial score (nSPS) is 35.8. The van der Waals surface area contributed by atoms with Crippen LogP contribution in [0.5, 0.6) is 0 Å². The molecule has 0 aromatic carbocycles. The van der Waals surface area contributed by atoms with Crippen molar-refractivity contribution in [1.82, 2.24) is 0 Å². The van der Waals surface area contributed by atoms with Crippen LogP contribution in [0.15, 0.2) is 12.2 Å². The lowest BCUT2D eigenvalue weighted by Gasteiger charge is -2.27. The smallest absolute Gasteiger partial charge is 0.344 e. The van der Waals surface area contributed by atoms with Gasteiger partial charge < -0.3 is 18.9 Å². The lowest BCUT2D eigenvalue weighted by atomic mass is 9.83. The molecule has 3 saturated heterocycles. The molecular weight excluding hydrogens is 372 g/mol. The number of esters is 3. The number of carbonyl (C=O) groups excluding carboxylic acids is 3. The van der Waals surface area contributed by atoms with E-state index in [1.54, 1.807) is 0 Å². The molecule has 3 fully saturated rings. The number of ether oxygens (including phenoxy) is 4. The molecule has 0 spiro atoms. The highest BCUT2D eigenvalue weighted by Gasteiger charge is 2.71. The average Bonchev–Trinajstić information content (AvgIpc) is 3.15. The van der Waals surface area contributed by atoms with Crippen LogP contribution in [-0.4, -0.2) is 69.7 Å². The van der Waals surface area contributed by atoms with E-state index in [-0.39, 0.29) is 12.0 Å². The van der Waals surface area contributed by atoms with Gasteiger partial charge in [0.1, 0.15) is 23.6 Å². The number of rotatable bonds is 6. The Balaban J connectivity index is 1.71. The van der Waals surface area contributed by atoms with E-state index in [0.717, 1.165) is 0 Å². The number of hydrogen-bond acceptors (Lipinski definition) is 10. The molecule has 3 rings (SSSR count). The summed E-state index contributed by atoms with van der Waals surface area (Å²) in [7, 11) is -2.77. The van der Waals surface area contributed by atoms with Crippen LogP contribution in [-0.2, 0) is 47.6 Å². The van der Waals surface area contributed by atoms with Crippen molar-refractivity contribution in [2.45, 2.75) is 43.0 Å². The zero-order valence-corrected chi connectivity index (χ0v) is 14.9. The fourth-order valence-electron chi connectivity index (χ4n) is 3.53. The van der Waals surface area contributed by atoms with E-state index in [1.807, 2.05) is 0 Å². The largest absolute Gasteiger partial charge is 0.469 e. The van der Waals surface area contributed by atoms with Crippen LogP contribution in [0.25, 0.3) is 0 Å². The Morgan fingerprint density at radius 1 is 1.12 bits per heavy atom. The summed E-state index contributed by atoms with van der Waals surface area (Å²) in [6.45, 7) is 4.14. The van der Waals surface area contributed by atoms with Gasteiger partial charge in [0, 0.05) is 11.5 Å². The predicted molar refractivity (Wildman–Crippen MR) is 82.0 cm³/mol. The Bertz CT molecular complexity index is 756. The van der Waals surface area contributed by atoms with E-state index < -0.39 is 70.2 Å². The molecule has 11 heteroatoms. The van der Waals surface area contributed by atoms with E-state index in [1.165, 1.54) is 14.0 Å². The van der Waals surface area contributed by atoms with Gasteiger partial charge in [-0.3, -0.25) is 8.98 Å². The van der Waals surface area contributed by atoms with Crippen molar-refractivity contribution in [3.63, 3.8) is 0 Å². The highest BCUT2D eigenvalue weighted by molar-refractivity contribution is 7.87. The molecule has 3 aliphatic heterocycles. The third-order valence-electron chi connectivity index (χ3n) is 4.60. The number of fused-ring (bicyclic) bond motifs is 1. The second-order valence-corrected chi connectivity index (χ2v) is 8.06. The molecule has 0 saturated carbocycles. The average molecular weight is 390 g/mol. The first kappa shape index (κ1) is 18.8. The lowest BCUT2D eigenvalue weighted by molar-refractivity contribution is -0.165. The minimum Gasteiger partial charge on any atom is -0.469 e. The van der Waals surface area contributed by atoms with E-state index in [4.69, 9.17) is 18.4 Å². The van der Waals surface area contributed by atoms with Crippen molar-refractivity contribution in [2.75, 3.05) is 13.7 Å². The van der Waals surface area contributed by atoms with Crippen molar-refractivity contribution in [3.05, 3.63) is 12.2 Å². The van der Waals surface area contributed by atoms with Crippen LogP contribution in [0.4, 0.5) is 0 Å². The highest BCUT2D eigenvalue weighted by Crippen LogP contribution is 2.52. The number of carbonyl (C=O) groups is 3. The van der Waals surface area contributed by atoms with Gasteiger partial charge in [-0.05, 0) is 6.92 Å². The van der Waals surface area contributed by atoms with Gasteiger partial charge in [0.05, 0.1) is 13.5 Å². The van der Waals surface area contributed by atoms with Gasteiger partial charge in [-0.1, -0.05) is 6.58 Å². The summed E-state index contributed by atoms with van der Waals surface area (Å²) in [6, 6.07) is 0. The third-order valence-corrected chi connectivity index (χ3v) is 6.37. The lowest BCUT2D eigenvalue weighted by Crippen LogP contribution is -2.48. The molecule has 144 valence electrons. The van der Waals surface area contributed by atoms with E-state index >= 15 is 0 Å². The Hall–Kier alpha value is -1.98. The zero-order chi connectivity index (χ0) is 19.2. The molecule has 0 aliphatic carbocycles. The van der Waals surface area contributed by atoms with Gasteiger partial charge in [-0.15, -0.1) is 0 Å². The third kappa shape index (κ3) is 3.10. The summed E-state index contributed by atoms with van der Waals surface area (Å²) in [5.74, 6) is -3.01. The van der Waals surface area contributed by atoms with Gasteiger partial charge >= 0.3 is 17.9 Å². The summed E-state index contributed by atoms with van der Waals surface area (Å²) in [5.41, 5.74) is 0.118. The van der Waals surface area contributed by atoms with Crippen LogP contribution in [0.2, 0.25) is 0 Å². The molecule has 0 amide bonds. The maximum atomic E-state index is 12.2. The highest BCUT2D eigenvalue weighted by atomic mass is 32.2. The van der Waals surface area contributed by atoms with Crippen molar-refractivity contribution < 1.29 is 45.9 Å². The second kappa shape index (κ2) is 6.63. The summed E-state index contributed by atoms with van der Waals surface area (Å²) in [5, 5.41) is -1.01. The van der Waals surface area contributed by atoms with E-state index in [9.17, 15) is 22.8 Å². The first-order valence-electron chi connectivity index (χ1n) is 7.82. The molecule has 2 bridgehead atoms. The molecular formula is C15H18O10S. The topological polar surface area (TPSA) is 132 Å². The van der Waals surface area contributed by atoms with Gasteiger partial charge in [0.25, 0.3) is 10.1 Å². The summed E-state index contributed by atoms with van der Waals surface area (Å²) in [6.07, 6.45) is -3.87. The van der Waals surface area contributed by atoms with Crippen LogP contribution in [0.3, 0.4) is 0 Å². The Morgan fingerprint density at radius 2 is 1.81 bits per heavy atom. The Morgan fingerprint density at radius 3 is 2.42 bits per heavy atom. The maximum Gasteiger partial charge on any atom is 0.344 e. The molecule has 6 atom stereocenters. The fraction of sp³-hybridized carbons (Fsp3) is 0.667. The van der Waals surface area contributed by atoms with Gasteiger partial charge in [-0.2, -0.15) is 8.42 Å². The monoisotopic (exact) mass is 390 g/mol. The summed E-state index contributed by atoms with van der Waals surface area (Å²) >= 11 is 0. The zero-order valence-electron chi connectivity index (χ0n) is 14.1. The van der Waals surface area contributed by atoms with E-state index in [2.05, 4.69) is 11.3 Å². The Labute approximate surface area is 149 Å². The molecule has 0 aromatic rings. The van der Waals surface area contributed by atoms with Crippen molar-refractivity contribution in [3.8, 4) is 0 Å². The molecule has 3 aliphatic rings. The SMILES string of the molecule is C=C(C)C(=O)OCC(=O)OC1C2OC3C1OS(=O)(=O)C3C2CC(=O)OC. The van der Waals surface area contributed by atoms with Crippen molar-refractivity contribution >= 4 is 28.0 Å². The first-order chi connectivity index (χ1) is 12.2. The van der Waals surface area contributed by atoms with Gasteiger partial charge in [-0.25, -0.2) is 9.59 Å². The number of hydrogen-bond donors (Lipinski definition) is 0. The van der Waals surface area contributed by atoms with Crippen LogP contribution in [0, 0.1) is 5.92 Å². The van der Waals surface area contributed by atoms with Gasteiger partial charge in [0.15, 0.2) is 12.7 Å². The molecule has 6 unspecified atom stereocenters. The minimum atomic E-state index is -3.96. The quantitative estimate of drug-likeness (QED) is 0.243. The fourth-order valence-corrected chi connectivity index (χ4v) is 5.42. The molecule has 3 heterocycles. The summed E-state index contributed by atoms with van der Waals surface area (Å²) < 4.78 is 49.6. The molecule has 0 aromatic heterocycles. The predicted octanol–water partition coefficient (Wildman–Crippen LogP) is -0.925. The first-order valence-corrected chi connectivity index (χ1v) is 9.29.